The van der Waals surface area contributed by atoms with Gasteiger partial charge in [0.25, 0.3) is 5.56 Å². The fourth-order valence-corrected chi connectivity index (χ4v) is 0.908. The van der Waals surface area contributed by atoms with Gasteiger partial charge in [-0.1, -0.05) is 0 Å². The molecule has 5 heteroatoms. The van der Waals surface area contributed by atoms with E-state index < -0.39 is 5.54 Å². The predicted molar refractivity (Wildman–Crippen MR) is 49.8 cm³/mol. The molecule has 0 aliphatic heterocycles. The van der Waals surface area contributed by atoms with Crippen molar-refractivity contribution in [2.45, 2.75) is 19.4 Å². The Morgan fingerprint density at radius 3 is 2.67 bits per heavy atom. The lowest BCUT2D eigenvalue weighted by molar-refractivity contribution is 0.511. The van der Waals surface area contributed by atoms with E-state index in [4.69, 9.17) is 5.73 Å². The minimum Gasteiger partial charge on any atom is -0.319 e. The first-order valence-electron chi connectivity index (χ1n) is 3.45. The number of nitrogens with zero attached hydrogens (tertiary/aromatic N) is 1. The van der Waals surface area contributed by atoms with Crippen LogP contribution in [-0.4, -0.2) is 9.97 Å². The molecule has 1 aromatic rings. The van der Waals surface area contributed by atoms with Gasteiger partial charge in [-0.2, -0.15) is 0 Å². The molecule has 1 rings (SSSR count). The van der Waals surface area contributed by atoms with Crippen LogP contribution in [0.15, 0.2) is 15.5 Å². The molecule has 0 atom stereocenters. The Kier molecular flexibility index (Phi) is 2.34. The average Bonchev–Trinajstić information content (AvgIpc) is 1.92. The summed E-state index contributed by atoms with van der Waals surface area (Å²) >= 11 is 3.05. The number of halogens is 1. The van der Waals surface area contributed by atoms with E-state index in [-0.39, 0.29) is 5.56 Å². The number of hydrogen-bond acceptors (Lipinski definition) is 3. The number of nitrogens with one attached hydrogen (secondary N) is 1. The summed E-state index contributed by atoms with van der Waals surface area (Å²) in [6.07, 6.45) is 1.45. The summed E-state index contributed by atoms with van der Waals surface area (Å²) in [6.45, 7) is 3.55. The highest BCUT2D eigenvalue weighted by molar-refractivity contribution is 9.10. The zero-order chi connectivity index (χ0) is 9.35. The molecule has 0 fully saturated rings. The van der Waals surface area contributed by atoms with E-state index >= 15 is 0 Å². The quantitative estimate of drug-likeness (QED) is 0.749. The molecule has 4 nitrogen and oxygen atoms in total. The largest absolute Gasteiger partial charge is 0.319 e. The number of aromatic amines is 1. The second kappa shape index (κ2) is 2.99. The minimum atomic E-state index is -0.611. The molecule has 0 unspecified atom stereocenters. The van der Waals surface area contributed by atoms with Gasteiger partial charge in [0.05, 0.1) is 5.54 Å². The first-order valence-corrected chi connectivity index (χ1v) is 4.25. The molecule has 0 saturated heterocycles. The molecule has 0 saturated carbocycles. The number of hydrogen-bond donors (Lipinski definition) is 2. The lowest BCUT2D eigenvalue weighted by atomic mass is 10.1. The fourth-order valence-electron chi connectivity index (χ4n) is 0.707. The van der Waals surface area contributed by atoms with Crippen molar-refractivity contribution in [3.8, 4) is 0 Å². The van der Waals surface area contributed by atoms with E-state index in [1.54, 1.807) is 13.8 Å². The van der Waals surface area contributed by atoms with Gasteiger partial charge in [0.2, 0.25) is 0 Å². The molecule has 0 aromatic carbocycles. The topological polar surface area (TPSA) is 71.8 Å². The molecule has 0 amide bonds. The van der Waals surface area contributed by atoms with Crippen LogP contribution in [0.2, 0.25) is 0 Å². The summed E-state index contributed by atoms with van der Waals surface area (Å²) < 4.78 is 0.413. The van der Waals surface area contributed by atoms with E-state index in [9.17, 15) is 4.79 Å². The van der Waals surface area contributed by atoms with Crippen molar-refractivity contribution in [2.75, 3.05) is 0 Å². The van der Waals surface area contributed by atoms with Crippen LogP contribution in [0.4, 0.5) is 0 Å². The molecule has 0 radical (unpaired) electrons. The van der Waals surface area contributed by atoms with Crippen molar-refractivity contribution in [1.82, 2.24) is 9.97 Å². The van der Waals surface area contributed by atoms with Gasteiger partial charge >= 0.3 is 0 Å². The Bertz CT molecular complexity index is 339. The highest BCUT2D eigenvalue weighted by Crippen LogP contribution is 2.10. The maximum atomic E-state index is 11.1. The number of H-pyrrole nitrogens is 1. The van der Waals surface area contributed by atoms with E-state index in [1.165, 1.54) is 6.20 Å². The lowest BCUT2D eigenvalue weighted by Crippen LogP contribution is -2.33. The van der Waals surface area contributed by atoms with Gasteiger partial charge in [-0.3, -0.25) is 4.79 Å². The fraction of sp³-hybridized carbons (Fsp3) is 0.429. The summed E-state index contributed by atoms with van der Waals surface area (Å²) in [5.41, 5.74) is 4.91. The first-order chi connectivity index (χ1) is 5.41. The molecule has 1 heterocycles. The second-order valence-electron chi connectivity index (χ2n) is 3.13. The number of nitrogens with two attached hydrogens (primary N) is 1. The van der Waals surface area contributed by atoms with E-state index in [0.29, 0.717) is 10.3 Å². The highest BCUT2D eigenvalue weighted by atomic mass is 79.9. The Morgan fingerprint density at radius 2 is 2.25 bits per heavy atom. The molecule has 0 aliphatic carbocycles. The van der Waals surface area contributed by atoms with Crippen LogP contribution in [-0.2, 0) is 5.54 Å². The van der Waals surface area contributed by atoms with Gasteiger partial charge in [0.1, 0.15) is 10.3 Å². The first kappa shape index (κ1) is 9.41. The normalized spacial score (nSPS) is 11.7. The molecule has 1 aromatic heterocycles. The standard InChI is InChI=1S/C7H10BrN3O/c1-7(2,9)6-10-3-4(8)5(12)11-6/h3H,9H2,1-2H3,(H,10,11,12). The molecular weight excluding hydrogens is 222 g/mol. The van der Waals surface area contributed by atoms with Crippen molar-refractivity contribution in [3.05, 3.63) is 26.8 Å². The van der Waals surface area contributed by atoms with Crippen LogP contribution in [0, 0.1) is 0 Å². The Morgan fingerprint density at radius 1 is 1.67 bits per heavy atom. The summed E-state index contributed by atoms with van der Waals surface area (Å²) in [6, 6.07) is 0. The molecular formula is C7H10BrN3O. The predicted octanol–water partition coefficient (Wildman–Crippen LogP) is 0.726. The molecule has 66 valence electrons. The van der Waals surface area contributed by atoms with Gasteiger partial charge in [-0.05, 0) is 29.8 Å². The third kappa shape index (κ3) is 1.92. The summed E-state index contributed by atoms with van der Waals surface area (Å²) in [4.78, 5) is 17.6. The zero-order valence-electron chi connectivity index (χ0n) is 6.89. The van der Waals surface area contributed by atoms with Gasteiger partial charge in [-0.25, -0.2) is 4.98 Å². The van der Waals surface area contributed by atoms with Crippen LogP contribution in [0.5, 0.6) is 0 Å². The van der Waals surface area contributed by atoms with E-state index in [1.807, 2.05) is 0 Å². The minimum absolute atomic E-state index is 0.210. The Hall–Kier alpha value is -0.680. The van der Waals surface area contributed by atoms with Crippen molar-refractivity contribution >= 4 is 15.9 Å². The number of aromatic nitrogens is 2. The van der Waals surface area contributed by atoms with Gasteiger partial charge < -0.3 is 10.7 Å². The van der Waals surface area contributed by atoms with Crippen molar-refractivity contribution in [2.24, 2.45) is 5.73 Å². The van der Waals surface area contributed by atoms with Gasteiger partial charge in [0, 0.05) is 6.20 Å². The van der Waals surface area contributed by atoms with Crippen LogP contribution in [0.1, 0.15) is 19.7 Å². The molecule has 0 aliphatic rings. The molecule has 12 heavy (non-hydrogen) atoms. The summed E-state index contributed by atoms with van der Waals surface area (Å²) in [5, 5.41) is 0. The number of rotatable bonds is 1. The highest BCUT2D eigenvalue weighted by Gasteiger charge is 2.16. The maximum Gasteiger partial charge on any atom is 0.265 e. The molecule has 0 bridgehead atoms. The zero-order valence-corrected chi connectivity index (χ0v) is 8.47. The van der Waals surface area contributed by atoms with Crippen LogP contribution in [0.3, 0.4) is 0 Å². The van der Waals surface area contributed by atoms with Gasteiger partial charge in [0.15, 0.2) is 0 Å². The third-order valence-corrected chi connectivity index (χ3v) is 1.93. The van der Waals surface area contributed by atoms with E-state index in [2.05, 4.69) is 25.9 Å². The van der Waals surface area contributed by atoms with Crippen LogP contribution >= 0.6 is 15.9 Å². The lowest BCUT2D eigenvalue weighted by Gasteiger charge is -2.16. The molecule has 0 spiro atoms. The van der Waals surface area contributed by atoms with Crippen molar-refractivity contribution in [3.63, 3.8) is 0 Å². The Labute approximate surface area is 78.3 Å². The van der Waals surface area contributed by atoms with Crippen molar-refractivity contribution in [1.29, 1.82) is 0 Å². The van der Waals surface area contributed by atoms with Crippen LogP contribution < -0.4 is 11.3 Å². The summed E-state index contributed by atoms with van der Waals surface area (Å²) in [7, 11) is 0. The monoisotopic (exact) mass is 231 g/mol. The van der Waals surface area contributed by atoms with Crippen LogP contribution in [0.25, 0.3) is 0 Å². The third-order valence-electron chi connectivity index (χ3n) is 1.37. The average molecular weight is 232 g/mol. The van der Waals surface area contributed by atoms with Crippen molar-refractivity contribution < 1.29 is 0 Å². The maximum absolute atomic E-state index is 11.1. The second-order valence-corrected chi connectivity index (χ2v) is 3.98. The van der Waals surface area contributed by atoms with E-state index in [0.717, 1.165) is 0 Å². The smallest absolute Gasteiger partial charge is 0.265 e. The van der Waals surface area contributed by atoms with Gasteiger partial charge in [-0.15, -0.1) is 0 Å². The SMILES string of the molecule is CC(C)(N)c1ncc(Br)c(=O)[nH]1. The Balaban J connectivity index is 3.23. The summed E-state index contributed by atoms with van der Waals surface area (Å²) in [5.74, 6) is 0.482. The molecule has 3 N–H and O–H groups in total.